The molecule has 0 saturated carbocycles. The molecule has 1 atom stereocenters. The molecule has 0 saturated heterocycles. The summed E-state index contributed by atoms with van der Waals surface area (Å²) in [6.45, 7) is 5.49. The Hall–Kier alpha value is -1.92. The summed E-state index contributed by atoms with van der Waals surface area (Å²) in [6.07, 6.45) is 2.73. The molecule has 2 aromatic rings. The molecule has 0 radical (unpaired) electrons. The molecule has 0 aliphatic carbocycles. The van der Waals surface area contributed by atoms with Gasteiger partial charge in [-0.2, -0.15) is 0 Å². The van der Waals surface area contributed by atoms with Gasteiger partial charge in [0.2, 0.25) is 0 Å². The van der Waals surface area contributed by atoms with Gasteiger partial charge >= 0.3 is 0 Å². The maximum absolute atomic E-state index is 5.75. The Morgan fingerprint density at radius 1 is 1.35 bits per heavy atom. The largest absolute Gasteiger partial charge is 0.494 e. The highest BCUT2D eigenvalue weighted by atomic mass is 16.5. The van der Waals surface area contributed by atoms with Crippen molar-refractivity contribution >= 4 is 0 Å². The SMILES string of the molecule is CCCn1nncc1C(NN)c1ccccc1OCC. The molecular weight excluding hydrogens is 254 g/mol. The van der Waals surface area contributed by atoms with E-state index in [-0.39, 0.29) is 6.04 Å². The zero-order valence-corrected chi connectivity index (χ0v) is 11.9. The van der Waals surface area contributed by atoms with E-state index in [1.54, 1.807) is 6.20 Å². The van der Waals surface area contributed by atoms with Gasteiger partial charge < -0.3 is 4.74 Å². The number of ether oxygens (including phenoxy) is 1. The summed E-state index contributed by atoms with van der Waals surface area (Å²) in [5, 5.41) is 8.09. The highest BCUT2D eigenvalue weighted by Crippen LogP contribution is 2.29. The van der Waals surface area contributed by atoms with Crippen LogP contribution in [0.15, 0.2) is 30.5 Å². The highest BCUT2D eigenvalue weighted by molar-refractivity contribution is 5.39. The molecule has 20 heavy (non-hydrogen) atoms. The number of nitrogens with two attached hydrogens (primary N) is 1. The van der Waals surface area contributed by atoms with Gasteiger partial charge in [0.25, 0.3) is 0 Å². The van der Waals surface area contributed by atoms with Crippen LogP contribution in [0.1, 0.15) is 37.6 Å². The second-order valence-electron chi connectivity index (χ2n) is 4.45. The molecular formula is C14H21N5O. The standard InChI is InChI=1S/C14H21N5O/c1-3-9-19-12(10-16-18-19)14(17-15)11-7-5-6-8-13(11)20-4-2/h5-8,10,14,17H,3-4,9,15H2,1-2H3. The first kappa shape index (κ1) is 14.5. The van der Waals surface area contributed by atoms with E-state index in [9.17, 15) is 0 Å². The van der Waals surface area contributed by atoms with Crippen LogP contribution in [0.2, 0.25) is 0 Å². The lowest BCUT2D eigenvalue weighted by molar-refractivity contribution is 0.332. The van der Waals surface area contributed by atoms with E-state index in [1.807, 2.05) is 35.9 Å². The highest BCUT2D eigenvalue weighted by Gasteiger charge is 2.21. The number of hydrogen-bond donors (Lipinski definition) is 2. The monoisotopic (exact) mass is 275 g/mol. The summed E-state index contributed by atoms with van der Waals surface area (Å²) in [6, 6.07) is 7.66. The van der Waals surface area contributed by atoms with Gasteiger partial charge in [-0.05, 0) is 19.4 Å². The molecule has 0 fully saturated rings. The molecule has 2 rings (SSSR count). The molecule has 1 aromatic carbocycles. The zero-order valence-electron chi connectivity index (χ0n) is 11.9. The molecule has 0 aliphatic rings. The zero-order chi connectivity index (χ0) is 14.4. The van der Waals surface area contributed by atoms with E-state index in [2.05, 4.69) is 22.7 Å². The van der Waals surface area contributed by atoms with Gasteiger partial charge in [-0.25, -0.2) is 10.1 Å². The summed E-state index contributed by atoms with van der Waals surface area (Å²) in [7, 11) is 0. The topological polar surface area (TPSA) is 78.0 Å². The third kappa shape index (κ3) is 2.97. The predicted octanol–water partition coefficient (Wildman–Crippen LogP) is 1.64. The minimum Gasteiger partial charge on any atom is -0.494 e. The van der Waals surface area contributed by atoms with Gasteiger partial charge in [0, 0.05) is 12.1 Å². The van der Waals surface area contributed by atoms with Crippen LogP contribution in [0, 0.1) is 0 Å². The fraction of sp³-hybridized carbons (Fsp3) is 0.429. The Balaban J connectivity index is 2.39. The normalized spacial score (nSPS) is 12.3. The van der Waals surface area contributed by atoms with E-state index in [0.717, 1.165) is 30.0 Å². The van der Waals surface area contributed by atoms with Crippen LogP contribution in [-0.4, -0.2) is 21.6 Å². The Kier molecular flexibility index (Phi) is 5.09. The third-order valence-corrected chi connectivity index (χ3v) is 3.08. The molecule has 0 spiro atoms. The molecule has 108 valence electrons. The maximum Gasteiger partial charge on any atom is 0.124 e. The van der Waals surface area contributed by atoms with Crippen LogP contribution < -0.4 is 16.0 Å². The average molecular weight is 275 g/mol. The van der Waals surface area contributed by atoms with Crippen LogP contribution in [-0.2, 0) is 6.54 Å². The molecule has 0 aliphatic heterocycles. The van der Waals surface area contributed by atoms with Crippen molar-refractivity contribution in [2.75, 3.05) is 6.61 Å². The van der Waals surface area contributed by atoms with Crippen molar-refractivity contribution in [2.24, 2.45) is 5.84 Å². The van der Waals surface area contributed by atoms with Gasteiger partial charge in [-0.1, -0.05) is 30.3 Å². The lowest BCUT2D eigenvalue weighted by Crippen LogP contribution is -2.31. The quantitative estimate of drug-likeness (QED) is 0.593. The van der Waals surface area contributed by atoms with E-state index in [0.29, 0.717) is 6.61 Å². The lowest BCUT2D eigenvalue weighted by atomic mass is 10.0. The van der Waals surface area contributed by atoms with Crippen molar-refractivity contribution < 1.29 is 4.74 Å². The molecule has 6 heteroatoms. The van der Waals surface area contributed by atoms with Crippen LogP contribution >= 0.6 is 0 Å². The van der Waals surface area contributed by atoms with Crippen molar-refractivity contribution in [3.8, 4) is 5.75 Å². The van der Waals surface area contributed by atoms with Crippen molar-refractivity contribution in [2.45, 2.75) is 32.9 Å². The number of hydrogen-bond acceptors (Lipinski definition) is 5. The summed E-state index contributed by atoms with van der Waals surface area (Å²) in [5.41, 5.74) is 4.75. The summed E-state index contributed by atoms with van der Waals surface area (Å²) in [5.74, 6) is 6.57. The fourth-order valence-electron chi connectivity index (χ4n) is 2.22. The molecule has 1 heterocycles. The van der Waals surface area contributed by atoms with Gasteiger partial charge in [0.15, 0.2) is 0 Å². The first-order valence-corrected chi connectivity index (χ1v) is 6.88. The number of nitrogens with one attached hydrogen (secondary N) is 1. The van der Waals surface area contributed by atoms with E-state index in [4.69, 9.17) is 10.6 Å². The van der Waals surface area contributed by atoms with E-state index < -0.39 is 0 Å². The second kappa shape index (κ2) is 7.02. The molecule has 0 bridgehead atoms. The first-order valence-electron chi connectivity index (χ1n) is 6.88. The first-order chi connectivity index (χ1) is 9.81. The number of rotatable bonds is 7. The third-order valence-electron chi connectivity index (χ3n) is 3.08. The Morgan fingerprint density at radius 3 is 2.85 bits per heavy atom. The van der Waals surface area contributed by atoms with Crippen molar-refractivity contribution in [1.82, 2.24) is 20.4 Å². The minimum atomic E-state index is -0.195. The summed E-state index contributed by atoms with van der Waals surface area (Å²) < 4.78 is 7.54. The Labute approximate surface area is 118 Å². The summed E-state index contributed by atoms with van der Waals surface area (Å²) >= 11 is 0. The number of para-hydroxylation sites is 1. The lowest BCUT2D eigenvalue weighted by Gasteiger charge is -2.20. The van der Waals surface area contributed by atoms with Crippen molar-refractivity contribution in [1.29, 1.82) is 0 Å². The van der Waals surface area contributed by atoms with Gasteiger partial charge in [0.05, 0.1) is 24.5 Å². The second-order valence-corrected chi connectivity index (χ2v) is 4.45. The average Bonchev–Trinajstić information content (AvgIpc) is 2.91. The number of benzene rings is 1. The van der Waals surface area contributed by atoms with Crippen LogP contribution in [0.3, 0.4) is 0 Å². The molecule has 1 unspecified atom stereocenters. The number of aryl methyl sites for hydroxylation is 1. The predicted molar refractivity (Wildman–Crippen MR) is 77.1 cm³/mol. The molecule has 6 nitrogen and oxygen atoms in total. The van der Waals surface area contributed by atoms with Crippen LogP contribution in [0.25, 0.3) is 0 Å². The van der Waals surface area contributed by atoms with Crippen molar-refractivity contribution in [3.05, 3.63) is 41.7 Å². The number of nitrogens with zero attached hydrogens (tertiary/aromatic N) is 3. The number of hydrazine groups is 1. The molecule has 0 amide bonds. The summed E-state index contributed by atoms with van der Waals surface area (Å²) in [4.78, 5) is 0. The van der Waals surface area contributed by atoms with Crippen molar-refractivity contribution in [3.63, 3.8) is 0 Å². The van der Waals surface area contributed by atoms with Crippen LogP contribution in [0.5, 0.6) is 5.75 Å². The molecule has 1 aromatic heterocycles. The Morgan fingerprint density at radius 2 is 2.15 bits per heavy atom. The smallest absolute Gasteiger partial charge is 0.124 e. The van der Waals surface area contributed by atoms with E-state index in [1.165, 1.54) is 0 Å². The number of aromatic nitrogens is 3. The maximum atomic E-state index is 5.75. The Bertz CT molecular complexity index is 540. The van der Waals surface area contributed by atoms with Gasteiger partial charge in [-0.15, -0.1) is 5.10 Å². The van der Waals surface area contributed by atoms with Gasteiger partial charge in [0.1, 0.15) is 5.75 Å². The van der Waals surface area contributed by atoms with Crippen LogP contribution in [0.4, 0.5) is 0 Å². The molecule has 3 N–H and O–H groups in total. The fourth-order valence-corrected chi connectivity index (χ4v) is 2.22. The minimum absolute atomic E-state index is 0.195. The van der Waals surface area contributed by atoms with E-state index >= 15 is 0 Å². The van der Waals surface area contributed by atoms with Gasteiger partial charge in [-0.3, -0.25) is 5.84 Å².